The molecular weight excluding hydrogens is 328 g/mol. The second-order valence-electron chi connectivity index (χ2n) is 6.19. The summed E-state index contributed by atoms with van der Waals surface area (Å²) in [5.41, 5.74) is 1.60. The Balaban J connectivity index is 2.07. The van der Waals surface area contributed by atoms with Crippen LogP contribution >= 0.6 is 0 Å². The summed E-state index contributed by atoms with van der Waals surface area (Å²) in [6, 6.07) is 14.1. The summed E-state index contributed by atoms with van der Waals surface area (Å²) in [5.74, 6) is 0.276. The Hall–Kier alpha value is -2.82. The first-order valence-electron chi connectivity index (χ1n) is 8.98. The van der Waals surface area contributed by atoms with Crippen molar-refractivity contribution in [1.82, 2.24) is 5.32 Å². The molecule has 0 aliphatic carbocycles. The van der Waals surface area contributed by atoms with E-state index in [0.717, 1.165) is 12.8 Å². The molecule has 1 unspecified atom stereocenters. The van der Waals surface area contributed by atoms with E-state index in [4.69, 9.17) is 4.74 Å². The molecule has 0 radical (unpaired) electrons. The minimum atomic E-state index is -0.244. The van der Waals surface area contributed by atoms with Crippen LogP contribution < -0.4 is 15.4 Å². The molecular formula is C21H26N2O3. The van der Waals surface area contributed by atoms with Gasteiger partial charge in [0.25, 0.3) is 11.8 Å². The van der Waals surface area contributed by atoms with E-state index in [9.17, 15) is 9.59 Å². The van der Waals surface area contributed by atoms with Gasteiger partial charge >= 0.3 is 0 Å². The molecule has 0 aromatic heterocycles. The number of carbonyl (C=O) groups is 2. The van der Waals surface area contributed by atoms with Crippen molar-refractivity contribution in [3.05, 3.63) is 59.7 Å². The molecule has 2 rings (SSSR count). The predicted molar refractivity (Wildman–Crippen MR) is 104 cm³/mol. The Labute approximate surface area is 154 Å². The Kier molecular flexibility index (Phi) is 7.21. The number of carbonyl (C=O) groups excluding carboxylic acids is 2. The predicted octanol–water partition coefficient (Wildman–Crippen LogP) is 4.26. The molecule has 0 saturated carbocycles. The van der Waals surface area contributed by atoms with E-state index in [2.05, 4.69) is 10.6 Å². The highest BCUT2D eigenvalue weighted by atomic mass is 16.5. The van der Waals surface area contributed by atoms with Gasteiger partial charge in [0, 0.05) is 22.9 Å². The number of anilines is 1. The smallest absolute Gasteiger partial charge is 0.255 e. The zero-order valence-electron chi connectivity index (χ0n) is 15.5. The van der Waals surface area contributed by atoms with Gasteiger partial charge in [0.15, 0.2) is 0 Å². The lowest BCUT2D eigenvalue weighted by atomic mass is 10.1. The summed E-state index contributed by atoms with van der Waals surface area (Å²) in [7, 11) is 0. The van der Waals surface area contributed by atoms with E-state index < -0.39 is 0 Å². The normalized spacial score (nSPS) is 11.5. The first-order valence-corrected chi connectivity index (χ1v) is 8.98. The Morgan fingerprint density at radius 3 is 2.38 bits per heavy atom. The molecule has 0 heterocycles. The lowest BCUT2D eigenvalue weighted by Gasteiger charge is -2.12. The molecule has 138 valence electrons. The van der Waals surface area contributed by atoms with E-state index in [1.165, 1.54) is 0 Å². The SMILES string of the molecule is CCCOc1cccc(C(=O)Nc2cccc(C(=O)NC(C)CC)c2)c1. The van der Waals surface area contributed by atoms with Crippen LogP contribution in [-0.2, 0) is 0 Å². The zero-order chi connectivity index (χ0) is 18.9. The second-order valence-corrected chi connectivity index (χ2v) is 6.19. The molecule has 26 heavy (non-hydrogen) atoms. The van der Waals surface area contributed by atoms with Crippen LogP contribution in [0.1, 0.15) is 54.3 Å². The number of hydrogen-bond donors (Lipinski definition) is 2. The summed E-state index contributed by atoms with van der Waals surface area (Å²) in [6.45, 7) is 6.61. The van der Waals surface area contributed by atoms with Crippen molar-refractivity contribution < 1.29 is 14.3 Å². The fourth-order valence-electron chi connectivity index (χ4n) is 2.30. The van der Waals surface area contributed by atoms with Gasteiger partial charge in [-0.1, -0.05) is 26.0 Å². The number of benzene rings is 2. The van der Waals surface area contributed by atoms with Crippen molar-refractivity contribution in [2.24, 2.45) is 0 Å². The number of ether oxygens (including phenoxy) is 1. The van der Waals surface area contributed by atoms with Crippen LogP contribution in [0, 0.1) is 0 Å². The van der Waals surface area contributed by atoms with Gasteiger partial charge in [0.05, 0.1) is 6.61 Å². The first-order chi connectivity index (χ1) is 12.5. The van der Waals surface area contributed by atoms with Crippen molar-refractivity contribution >= 4 is 17.5 Å². The number of amides is 2. The van der Waals surface area contributed by atoms with Crippen LogP contribution in [-0.4, -0.2) is 24.5 Å². The number of hydrogen-bond acceptors (Lipinski definition) is 3. The summed E-state index contributed by atoms with van der Waals surface area (Å²) in [4.78, 5) is 24.7. The van der Waals surface area contributed by atoms with Crippen molar-refractivity contribution in [1.29, 1.82) is 0 Å². The average Bonchev–Trinajstić information content (AvgIpc) is 2.66. The molecule has 0 saturated heterocycles. The van der Waals surface area contributed by atoms with Gasteiger partial charge in [0.2, 0.25) is 0 Å². The standard InChI is InChI=1S/C21H26N2O3/c1-4-12-26-19-11-7-9-17(14-19)21(25)23-18-10-6-8-16(13-18)20(24)22-15(3)5-2/h6-11,13-15H,4-5,12H2,1-3H3,(H,22,24)(H,23,25). The summed E-state index contributed by atoms with van der Waals surface area (Å²) < 4.78 is 5.56. The largest absolute Gasteiger partial charge is 0.494 e. The lowest BCUT2D eigenvalue weighted by molar-refractivity contribution is 0.0938. The highest BCUT2D eigenvalue weighted by Crippen LogP contribution is 2.17. The van der Waals surface area contributed by atoms with Gasteiger partial charge < -0.3 is 15.4 Å². The minimum absolute atomic E-state index is 0.103. The van der Waals surface area contributed by atoms with E-state index in [1.807, 2.05) is 26.8 Å². The van der Waals surface area contributed by atoms with E-state index in [-0.39, 0.29) is 17.9 Å². The molecule has 2 aromatic rings. The van der Waals surface area contributed by atoms with Crippen LogP contribution in [0.25, 0.3) is 0 Å². The van der Waals surface area contributed by atoms with Crippen LogP contribution in [0.15, 0.2) is 48.5 Å². The third-order valence-corrected chi connectivity index (χ3v) is 3.94. The molecule has 2 amide bonds. The summed E-state index contributed by atoms with van der Waals surface area (Å²) >= 11 is 0. The maximum atomic E-state index is 12.5. The van der Waals surface area contributed by atoms with Crippen LogP contribution in [0.5, 0.6) is 5.75 Å². The molecule has 1 atom stereocenters. The maximum Gasteiger partial charge on any atom is 0.255 e. The van der Waals surface area contributed by atoms with Crippen molar-refractivity contribution in [3.63, 3.8) is 0 Å². The topological polar surface area (TPSA) is 67.4 Å². The van der Waals surface area contributed by atoms with Crippen molar-refractivity contribution in [3.8, 4) is 5.75 Å². The molecule has 0 bridgehead atoms. The van der Waals surface area contributed by atoms with Gasteiger partial charge in [-0.15, -0.1) is 0 Å². The molecule has 2 aromatic carbocycles. The Bertz CT molecular complexity index is 758. The van der Waals surface area contributed by atoms with Gasteiger partial charge in [-0.2, -0.15) is 0 Å². The third kappa shape index (κ3) is 5.62. The van der Waals surface area contributed by atoms with E-state index in [0.29, 0.717) is 29.2 Å². The molecule has 2 N–H and O–H groups in total. The molecule has 0 aliphatic heterocycles. The molecule has 0 aliphatic rings. The fraction of sp³-hybridized carbons (Fsp3) is 0.333. The van der Waals surface area contributed by atoms with E-state index in [1.54, 1.807) is 42.5 Å². The monoisotopic (exact) mass is 354 g/mol. The van der Waals surface area contributed by atoms with Gasteiger partial charge in [-0.25, -0.2) is 0 Å². The highest BCUT2D eigenvalue weighted by Gasteiger charge is 2.11. The molecule has 0 spiro atoms. The van der Waals surface area contributed by atoms with E-state index >= 15 is 0 Å². The van der Waals surface area contributed by atoms with Gasteiger partial charge in [-0.05, 0) is 56.2 Å². The fourth-order valence-corrected chi connectivity index (χ4v) is 2.30. The third-order valence-electron chi connectivity index (χ3n) is 3.94. The number of nitrogens with one attached hydrogen (secondary N) is 2. The first kappa shape index (κ1) is 19.5. The lowest BCUT2D eigenvalue weighted by Crippen LogP contribution is -2.31. The zero-order valence-corrected chi connectivity index (χ0v) is 15.5. The van der Waals surface area contributed by atoms with Crippen molar-refractivity contribution in [2.75, 3.05) is 11.9 Å². The maximum absolute atomic E-state index is 12.5. The van der Waals surface area contributed by atoms with Crippen LogP contribution in [0.3, 0.4) is 0 Å². The average molecular weight is 354 g/mol. The molecule has 5 nitrogen and oxygen atoms in total. The second kappa shape index (κ2) is 9.61. The highest BCUT2D eigenvalue weighted by molar-refractivity contribution is 6.05. The van der Waals surface area contributed by atoms with Crippen molar-refractivity contribution in [2.45, 2.75) is 39.7 Å². The summed E-state index contributed by atoms with van der Waals surface area (Å²) in [6.07, 6.45) is 1.76. The van der Waals surface area contributed by atoms with Gasteiger partial charge in [0.1, 0.15) is 5.75 Å². The van der Waals surface area contributed by atoms with Crippen LogP contribution in [0.2, 0.25) is 0 Å². The number of rotatable bonds is 8. The summed E-state index contributed by atoms with van der Waals surface area (Å²) in [5, 5.41) is 5.75. The quantitative estimate of drug-likeness (QED) is 0.744. The Morgan fingerprint density at radius 2 is 1.69 bits per heavy atom. The molecule has 0 fully saturated rings. The van der Waals surface area contributed by atoms with Gasteiger partial charge in [-0.3, -0.25) is 9.59 Å². The minimum Gasteiger partial charge on any atom is -0.494 e. The Morgan fingerprint density at radius 1 is 1.00 bits per heavy atom. The molecule has 5 heteroatoms. The van der Waals surface area contributed by atoms with Crippen LogP contribution in [0.4, 0.5) is 5.69 Å².